The third-order valence-electron chi connectivity index (χ3n) is 3.55. The van der Waals surface area contributed by atoms with Gasteiger partial charge in [-0.25, -0.2) is 4.79 Å². The van der Waals surface area contributed by atoms with E-state index >= 15 is 0 Å². The number of amides is 2. The quantitative estimate of drug-likeness (QED) is 0.745. The van der Waals surface area contributed by atoms with Crippen molar-refractivity contribution >= 4 is 17.8 Å². The average molecular weight is 340 g/mol. The van der Waals surface area contributed by atoms with Crippen molar-refractivity contribution < 1.29 is 19.1 Å². The Bertz CT molecular complexity index is 717. The number of esters is 1. The molecule has 130 valence electrons. The summed E-state index contributed by atoms with van der Waals surface area (Å²) in [6, 6.07) is 17.1. The normalized spacial score (nSPS) is 11.2. The van der Waals surface area contributed by atoms with Crippen LogP contribution < -0.4 is 10.6 Å². The molecule has 0 saturated heterocycles. The van der Waals surface area contributed by atoms with Crippen LogP contribution in [0.2, 0.25) is 0 Å². The fourth-order valence-electron chi connectivity index (χ4n) is 2.28. The van der Waals surface area contributed by atoms with Gasteiger partial charge in [0.1, 0.15) is 6.04 Å². The van der Waals surface area contributed by atoms with Gasteiger partial charge in [-0.2, -0.15) is 0 Å². The Hall–Kier alpha value is -3.15. The molecular weight excluding hydrogens is 320 g/mol. The van der Waals surface area contributed by atoms with Crippen LogP contribution in [0.15, 0.2) is 60.7 Å². The number of rotatable bonds is 7. The maximum Gasteiger partial charge on any atom is 0.328 e. The van der Waals surface area contributed by atoms with Crippen LogP contribution in [0.1, 0.15) is 15.9 Å². The topological polar surface area (TPSA) is 84.5 Å². The van der Waals surface area contributed by atoms with Crippen molar-refractivity contribution in [3.63, 3.8) is 0 Å². The van der Waals surface area contributed by atoms with Gasteiger partial charge < -0.3 is 15.4 Å². The molecule has 0 spiro atoms. The zero-order valence-corrected chi connectivity index (χ0v) is 13.9. The lowest BCUT2D eigenvalue weighted by atomic mass is 10.1. The lowest BCUT2D eigenvalue weighted by molar-refractivity contribution is -0.144. The van der Waals surface area contributed by atoms with Gasteiger partial charge in [0.25, 0.3) is 5.91 Å². The molecule has 2 rings (SSSR count). The van der Waals surface area contributed by atoms with E-state index in [1.807, 2.05) is 30.3 Å². The molecule has 0 unspecified atom stereocenters. The highest BCUT2D eigenvalue weighted by Gasteiger charge is 2.22. The van der Waals surface area contributed by atoms with Gasteiger partial charge in [0.05, 0.1) is 13.7 Å². The Balaban J connectivity index is 1.90. The number of hydrogen-bond acceptors (Lipinski definition) is 4. The summed E-state index contributed by atoms with van der Waals surface area (Å²) in [5, 5.41) is 5.12. The summed E-state index contributed by atoms with van der Waals surface area (Å²) < 4.78 is 4.74. The van der Waals surface area contributed by atoms with Crippen molar-refractivity contribution in [2.75, 3.05) is 13.7 Å². The molecule has 0 aromatic heterocycles. The zero-order valence-electron chi connectivity index (χ0n) is 13.9. The first-order valence-corrected chi connectivity index (χ1v) is 7.84. The van der Waals surface area contributed by atoms with Crippen LogP contribution in [0.4, 0.5) is 0 Å². The van der Waals surface area contributed by atoms with E-state index in [1.54, 1.807) is 30.3 Å². The summed E-state index contributed by atoms with van der Waals surface area (Å²) in [7, 11) is 1.27. The number of methoxy groups -OCH3 is 1. The van der Waals surface area contributed by atoms with Gasteiger partial charge in [0.2, 0.25) is 5.91 Å². The molecule has 0 heterocycles. The molecule has 25 heavy (non-hydrogen) atoms. The highest BCUT2D eigenvalue weighted by Crippen LogP contribution is 2.04. The first-order valence-electron chi connectivity index (χ1n) is 7.84. The molecule has 0 radical (unpaired) electrons. The lowest BCUT2D eigenvalue weighted by Gasteiger charge is -2.17. The molecule has 6 nitrogen and oxygen atoms in total. The van der Waals surface area contributed by atoms with E-state index in [4.69, 9.17) is 4.74 Å². The maximum atomic E-state index is 12.1. The zero-order chi connectivity index (χ0) is 18.1. The van der Waals surface area contributed by atoms with Crippen molar-refractivity contribution in [3.8, 4) is 0 Å². The first kappa shape index (κ1) is 18.2. The van der Waals surface area contributed by atoms with Crippen LogP contribution in [0, 0.1) is 0 Å². The lowest BCUT2D eigenvalue weighted by Crippen LogP contribution is -2.47. The highest BCUT2D eigenvalue weighted by molar-refractivity contribution is 5.96. The predicted octanol–water partition coefficient (Wildman–Crippen LogP) is 1.32. The smallest absolute Gasteiger partial charge is 0.328 e. The van der Waals surface area contributed by atoms with Gasteiger partial charge in [-0.1, -0.05) is 48.5 Å². The maximum absolute atomic E-state index is 12.1. The molecule has 0 bridgehead atoms. The van der Waals surface area contributed by atoms with Crippen LogP contribution in [0.5, 0.6) is 0 Å². The van der Waals surface area contributed by atoms with E-state index in [1.165, 1.54) is 7.11 Å². The fourth-order valence-corrected chi connectivity index (χ4v) is 2.28. The molecule has 0 aliphatic heterocycles. The summed E-state index contributed by atoms with van der Waals surface area (Å²) in [6.45, 7) is -0.226. The molecular formula is C19H20N2O4. The van der Waals surface area contributed by atoms with E-state index in [0.29, 0.717) is 12.0 Å². The van der Waals surface area contributed by atoms with E-state index in [2.05, 4.69) is 10.6 Å². The number of hydrogen-bond donors (Lipinski definition) is 2. The van der Waals surface area contributed by atoms with Crippen molar-refractivity contribution in [2.24, 2.45) is 0 Å². The fraction of sp³-hybridized carbons (Fsp3) is 0.211. The minimum atomic E-state index is -0.812. The SMILES string of the molecule is COC(=O)[C@H](Cc1ccccc1)NC(=O)CNC(=O)c1ccccc1. The van der Waals surface area contributed by atoms with Crippen LogP contribution in [0.25, 0.3) is 0 Å². The molecule has 2 N–H and O–H groups in total. The van der Waals surface area contributed by atoms with Crippen LogP contribution in [0.3, 0.4) is 0 Å². The molecule has 0 saturated carbocycles. The van der Waals surface area contributed by atoms with Gasteiger partial charge >= 0.3 is 5.97 Å². The van der Waals surface area contributed by atoms with Crippen molar-refractivity contribution in [1.29, 1.82) is 0 Å². The summed E-state index contributed by atoms with van der Waals surface area (Å²) in [6.07, 6.45) is 0.311. The van der Waals surface area contributed by atoms with Gasteiger partial charge in [-0.3, -0.25) is 9.59 Å². The van der Waals surface area contributed by atoms with E-state index < -0.39 is 17.9 Å². The van der Waals surface area contributed by atoms with Crippen LogP contribution in [-0.2, 0) is 20.7 Å². The number of benzene rings is 2. The van der Waals surface area contributed by atoms with E-state index in [9.17, 15) is 14.4 Å². The molecule has 2 aromatic carbocycles. The van der Waals surface area contributed by atoms with E-state index in [0.717, 1.165) is 5.56 Å². The summed E-state index contributed by atoms with van der Waals surface area (Å²) in [5.74, 6) is -1.35. The Morgan fingerprint density at radius 3 is 2.16 bits per heavy atom. The van der Waals surface area contributed by atoms with Gasteiger partial charge in [-0.15, -0.1) is 0 Å². The molecule has 0 aliphatic rings. The summed E-state index contributed by atoms with van der Waals surface area (Å²) in [5.41, 5.74) is 1.36. The molecule has 6 heteroatoms. The van der Waals surface area contributed by atoms with Gasteiger partial charge in [0.15, 0.2) is 0 Å². The number of carbonyl (C=O) groups excluding carboxylic acids is 3. The van der Waals surface area contributed by atoms with Crippen molar-refractivity contribution in [3.05, 3.63) is 71.8 Å². The minimum absolute atomic E-state index is 0.226. The van der Waals surface area contributed by atoms with Crippen LogP contribution >= 0.6 is 0 Å². The molecule has 0 aliphatic carbocycles. The third-order valence-corrected chi connectivity index (χ3v) is 3.55. The Labute approximate surface area is 146 Å². The average Bonchev–Trinajstić information content (AvgIpc) is 2.66. The number of carbonyl (C=O) groups is 3. The molecule has 2 aromatic rings. The number of nitrogens with one attached hydrogen (secondary N) is 2. The Kier molecular flexibility index (Phi) is 6.71. The van der Waals surface area contributed by atoms with E-state index in [-0.39, 0.29) is 12.5 Å². The Morgan fingerprint density at radius 1 is 0.960 bits per heavy atom. The number of ether oxygens (including phenoxy) is 1. The predicted molar refractivity (Wildman–Crippen MR) is 92.9 cm³/mol. The van der Waals surface area contributed by atoms with Crippen molar-refractivity contribution in [2.45, 2.75) is 12.5 Å². The summed E-state index contributed by atoms with van der Waals surface area (Å²) in [4.78, 5) is 35.9. The van der Waals surface area contributed by atoms with Crippen molar-refractivity contribution in [1.82, 2.24) is 10.6 Å². The minimum Gasteiger partial charge on any atom is -0.467 e. The largest absolute Gasteiger partial charge is 0.467 e. The third kappa shape index (κ3) is 5.76. The molecule has 2 amide bonds. The second-order valence-corrected chi connectivity index (χ2v) is 5.38. The highest BCUT2D eigenvalue weighted by atomic mass is 16.5. The van der Waals surface area contributed by atoms with Crippen LogP contribution in [-0.4, -0.2) is 37.5 Å². The summed E-state index contributed by atoms with van der Waals surface area (Å²) >= 11 is 0. The molecule has 0 fully saturated rings. The first-order chi connectivity index (χ1) is 12.1. The standard InChI is InChI=1S/C19H20N2O4/c1-25-19(24)16(12-14-8-4-2-5-9-14)21-17(22)13-20-18(23)15-10-6-3-7-11-15/h2-11,16H,12-13H2,1H3,(H,20,23)(H,21,22)/t16-/m0/s1. The Morgan fingerprint density at radius 2 is 1.56 bits per heavy atom. The van der Waals surface area contributed by atoms with Gasteiger partial charge in [0, 0.05) is 12.0 Å². The monoisotopic (exact) mass is 340 g/mol. The second-order valence-electron chi connectivity index (χ2n) is 5.38. The van der Waals surface area contributed by atoms with Gasteiger partial charge in [-0.05, 0) is 17.7 Å². The molecule has 1 atom stereocenters. The second kappa shape index (κ2) is 9.22.